The first-order valence-corrected chi connectivity index (χ1v) is 6.61. The third-order valence-electron chi connectivity index (χ3n) is 3.20. The van der Waals surface area contributed by atoms with Crippen molar-refractivity contribution in [2.75, 3.05) is 0 Å². The number of carbonyl (C=O) groups is 3. The Hall–Kier alpha value is -2.24. The standard InChI is InChI=1S/C14H17N3O3/c1-3-5-11-12(18)16-14(20)17(13(11)19)8-10-7-4-6-9(2)15-10/h4,6-7,11H,3,5,8H2,1-2H3,(H,16,18,20). The van der Waals surface area contributed by atoms with Crippen LogP contribution in [0.1, 0.15) is 31.2 Å². The van der Waals surface area contributed by atoms with Crippen molar-refractivity contribution >= 4 is 17.8 Å². The highest BCUT2D eigenvalue weighted by Crippen LogP contribution is 2.17. The molecule has 1 unspecified atom stereocenters. The summed E-state index contributed by atoms with van der Waals surface area (Å²) < 4.78 is 0. The number of hydrogen-bond donors (Lipinski definition) is 1. The second-order valence-electron chi connectivity index (χ2n) is 4.83. The number of aryl methyl sites for hydroxylation is 1. The number of carbonyl (C=O) groups excluding carboxylic acids is 3. The highest BCUT2D eigenvalue weighted by Gasteiger charge is 2.39. The highest BCUT2D eigenvalue weighted by atomic mass is 16.2. The predicted octanol–water partition coefficient (Wildman–Crippen LogP) is 1.38. The Morgan fingerprint density at radius 1 is 1.30 bits per heavy atom. The van der Waals surface area contributed by atoms with Crippen LogP contribution in [0.3, 0.4) is 0 Å². The Morgan fingerprint density at radius 3 is 2.70 bits per heavy atom. The molecule has 2 heterocycles. The van der Waals surface area contributed by atoms with Crippen molar-refractivity contribution in [2.24, 2.45) is 5.92 Å². The van der Waals surface area contributed by atoms with Crippen LogP contribution in [-0.4, -0.2) is 27.7 Å². The number of aromatic nitrogens is 1. The largest absolute Gasteiger partial charge is 0.331 e. The van der Waals surface area contributed by atoms with E-state index in [1.54, 1.807) is 6.07 Å². The molecule has 1 aromatic rings. The minimum Gasteiger partial charge on any atom is -0.277 e. The Balaban J connectivity index is 2.19. The molecule has 4 amide bonds. The van der Waals surface area contributed by atoms with Gasteiger partial charge in [0.25, 0.3) is 0 Å². The lowest BCUT2D eigenvalue weighted by molar-refractivity contribution is -0.143. The van der Waals surface area contributed by atoms with E-state index in [1.807, 2.05) is 26.0 Å². The molecule has 1 N–H and O–H groups in total. The van der Waals surface area contributed by atoms with Gasteiger partial charge in [0, 0.05) is 5.69 Å². The molecular weight excluding hydrogens is 258 g/mol. The van der Waals surface area contributed by atoms with Gasteiger partial charge in [-0.15, -0.1) is 0 Å². The van der Waals surface area contributed by atoms with Crippen LogP contribution in [0.5, 0.6) is 0 Å². The Bertz CT molecular complexity index is 556. The number of pyridine rings is 1. The average Bonchev–Trinajstić information content (AvgIpc) is 2.39. The highest BCUT2D eigenvalue weighted by molar-refractivity contribution is 6.16. The maximum absolute atomic E-state index is 12.2. The molecule has 106 valence electrons. The second kappa shape index (κ2) is 5.81. The quantitative estimate of drug-likeness (QED) is 0.842. The summed E-state index contributed by atoms with van der Waals surface area (Å²) in [7, 11) is 0. The summed E-state index contributed by atoms with van der Waals surface area (Å²) in [6.07, 6.45) is 1.14. The molecule has 0 aliphatic carbocycles. The Morgan fingerprint density at radius 2 is 2.05 bits per heavy atom. The minimum atomic E-state index is -0.775. The molecule has 1 saturated heterocycles. The molecule has 6 nitrogen and oxygen atoms in total. The van der Waals surface area contributed by atoms with Gasteiger partial charge in [-0.1, -0.05) is 19.4 Å². The molecule has 20 heavy (non-hydrogen) atoms. The number of amides is 4. The molecule has 0 spiro atoms. The van der Waals surface area contributed by atoms with E-state index >= 15 is 0 Å². The Kier molecular flexibility index (Phi) is 4.12. The molecule has 1 aromatic heterocycles. The number of nitrogens with zero attached hydrogens (tertiary/aromatic N) is 2. The third-order valence-corrected chi connectivity index (χ3v) is 3.20. The zero-order valence-electron chi connectivity index (χ0n) is 11.5. The predicted molar refractivity (Wildman–Crippen MR) is 71.5 cm³/mol. The average molecular weight is 275 g/mol. The van der Waals surface area contributed by atoms with Crippen LogP contribution >= 0.6 is 0 Å². The van der Waals surface area contributed by atoms with E-state index < -0.39 is 23.8 Å². The van der Waals surface area contributed by atoms with Crippen LogP contribution in [0.25, 0.3) is 0 Å². The van der Waals surface area contributed by atoms with Crippen molar-refractivity contribution in [3.63, 3.8) is 0 Å². The van der Waals surface area contributed by atoms with E-state index in [0.717, 1.165) is 10.6 Å². The molecule has 0 saturated carbocycles. The van der Waals surface area contributed by atoms with Gasteiger partial charge in [0.15, 0.2) is 0 Å². The zero-order chi connectivity index (χ0) is 14.7. The fourth-order valence-corrected chi connectivity index (χ4v) is 2.20. The number of hydrogen-bond acceptors (Lipinski definition) is 4. The van der Waals surface area contributed by atoms with Gasteiger partial charge in [0.1, 0.15) is 5.92 Å². The van der Waals surface area contributed by atoms with Gasteiger partial charge in [-0.3, -0.25) is 24.8 Å². The molecule has 0 radical (unpaired) electrons. The summed E-state index contributed by atoms with van der Waals surface area (Å²) in [4.78, 5) is 41.0. The first-order chi connectivity index (χ1) is 9.52. The lowest BCUT2D eigenvalue weighted by Gasteiger charge is -2.29. The van der Waals surface area contributed by atoms with E-state index in [4.69, 9.17) is 0 Å². The maximum Gasteiger partial charge on any atom is 0.331 e. The van der Waals surface area contributed by atoms with E-state index in [1.165, 1.54) is 0 Å². The molecule has 1 aliphatic heterocycles. The number of urea groups is 1. The smallest absolute Gasteiger partial charge is 0.277 e. The third kappa shape index (κ3) is 2.84. The molecular formula is C14H17N3O3. The topological polar surface area (TPSA) is 79.4 Å². The first-order valence-electron chi connectivity index (χ1n) is 6.61. The molecule has 0 bridgehead atoms. The van der Waals surface area contributed by atoms with Crippen molar-refractivity contribution in [1.29, 1.82) is 0 Å². The van der Waals surface area contributed by atoms with Crippen LogP contribution in [0.4, 0.5) is 4.79 Å². The van der Waals surface area contributed by atoms with Gasteiger partial charge in [0.05, 0.1) is 12.2 Å². The summed E-state index contributed by atoms with van der Waals surface area (Å²) in [6.45, 7) is 3.81. The number of imide groups is 2. The van der Waals surface area contributed by atoms with Crippen molar-refractivity contribution in [1.82, 2.24) is 15.2 Å². The van der Waals surface area contributed by atoms with Gasteiger partial charge in [-0.25, -0.2) is 4.79 Å². The minimum absolute atomic E-state index is 0.0832. The van der Waals surface area contributed by atoms with Gasteiger partial charge in [-0.2, -0.15) is 0 Å². The normalized spacial score (nSPS) is 19.2. The number of barbiturate groups is 1. The Labute approximate surface area is 117 Å². The summed E-state index contributed by atoms with van der Waals surface area (Å²) in [6, 6.07) is 4.73. The van der Waals surface area contributed by atoms with Crippen molar-refractivity contribution in [3.8, 4) is 0 Å². The van der Waals surface area contributed by atoms with Gasteiger partial charge < -0.3 is 0 Å². The molecule has 1 fully saturated rings. The van der Waals surface area contributed by atoms with Crippen molar-refractivity contribution in [3.05, 3.63) is 29.6 Å². The fourth-order valence-electron chi connectivity index (χ4n) is 2.20. The van der Waals surface area contributed by atoms with E-state index in [2.05, 4.69) is 10.3 Å². The summed E-state index contributed by atoms with van der Waals surface area (Å²) in [5.41, 5.74) is 1.44. The van der Waals surface area contributed by atoms with Crippen molar-refractivity contribution < 1.29 is 14.4 Å². The summed E-state index contributed by atoms with van der Waals surface area (Å²) in [5.74, 6) is -1.72. The zero-order valence-corrected chi connectivity index (χ0v) is 11.5. The number of nitrogens with one attached hydrogen (secondary N) is 1. The van der Waals surface area contributed by atoms with E-state index in [-0.39, 0.29) is 6.54 Å². The molecule has 2 rings (SSSR count). The molecule has 6 heteroatoms. The van der Waals surface area contributed by atoms with Gasteiger partial charge in [0.2, 0.25) is 11.8 Å². The molecule has 0 aromatic carbocycles. The lowest BCUT2D eigenvalue weighted by atomic mass is 9.99. The number of rotatable bonds is 4. The van der Waals surface area contributed by atoms with E-state index in [0.29, 0.717) is 18.5 Å². The van der Waals surface area contributed by atoms with Crippen LogP contribution in [0.2, 0.25) is 0 Å². The lowest BCUT2D eigenvalue weighted by Crippen LogP contribution is -2.57. The summed E-state index contributed by atoms with van der Waals surface area (Å²) in [5, 5.41) is 2.23. The van der Waals surface area contributed by atoms with Crippen LogP contribution in [0.15, 0.2) is 18.2 Å². The van der Waals surface area contributed by atoms with Crippen LogP contribution in [-0.2, 0) is 16.1 Å². The second-order valence-corrected chi connectivity index (χ2v) is 4.83. The fraction of sp³-hybridized carbons (Fsp3) is 0.429. The van der Waals surface area contributed by atoms with Crippen LogP contribution in [0, 0.1) is 12.8 Å². The molecule has 1 atom stereocenters. The van der Waals surface area contributed by atoms with Crippen LogP contribution < -0.4 is 5.32 Å². The first kappa shape index (κ1) is 14.2. The summed E-state index contributed by atoms with van der Waals surface area (Å²) >= 11 is 0. The monoisotopic (exact) mass is 275 g/mol. The van der Waals surface area contributed by atoms with Crippen molar-refractivity contribution in [2.45, 2.75) is 33.2 Å². The van der Waals surface area contributed by atoms with E-state index in [9.17, 15) is 14.4 Å². The SMILES string of the molecule is CCCC1C(=O)NC(=O)N(Cc2cccc(C)n2)C1=O. The molecule has 1 aliphatic rings. The van der Waals surface area contributed by atoms with Gasteiger partial charge in [-0.05, 0) is 25.5 Å². The maximum atomic E-state index is 12.2. The van der Waals surface area contributed by atoms with Gasteiger partial charge >= 0.3 is 6.03 Å².